The smallest absolute Gasteiger partial charge is 0.251 e. The highest BCUT2D eigenvalue weighted by Gasteiger charge is 2.03. The number of nitrogens with one attached hydrogen (secondary N) is 1. The summed E-state index contributed by atoms with van der Waals surface area (Å²) in [7, 11) is 0. The summed E-state index contributed by atoms with van der Waals surface area (Å²) in [6.45, 7) is 3.98. The Labute approximate surface area is 129 Å². The van der Waals surface area contributed by atoms with Crippen molar-refractivity contribution < 1.29 is 15.0 Å². The highest BCUT2D eigenvalue weighted by Crippen LogP contribution is 2.25. The molecule has 0 bridgehead atoms. The Hall–Kier alpha value is -3.01. The van der Waals surface area contributed by atoms with Crippen molar-refractivity contribution in [3.05, 3.63) is 71.8 Å². The molecule has 0 unspecified atom stereocenters. The molecule has 0 saturated carbocycles. The van der Waals surface area contributed by atoms with Crippen molar-refractivity contribution in [2.75, 3.05) is 6.54 Å². The molecule has 0 aromatic heterocycles. The van der Waals surface area contributed by atoms with Crippen LogP contribution in [-0.2, 0) is 0 Å². The third-order valence-electron chi connectivity index (χ3n) is 3.05. The topological polar surface area (TPSA) is 69.6 Å². The van der Waals surface area contributed by atoms with Crippen molar-refractivity contribution in [1.29, 1.82) is 0 Å². The SMILES string of the molecule is C=CCNC(=O)c1ccc(/C=C/c2ccc(O)c(O)c2)cc1. The van der Waals surface area contributed by atoms with Crippen LogP contribution in [-0.4, -0.2) is 22.7 Å². The van der Waals surface area contributed by atoms with Gasteiger partial charge in [0.05, 0.1) is 0 Å². The van der Waals surface area contributed by atoms with Gasteiger partial charge in [-0.2, -0.15) is 0 Å². The van der Waals surface area contributed by atoms with Gasteiger partial charge in [0.25, 0.3) is 5.91 Å². The molecule has 3 N–H and O–H groups in total. The Morgan fingerprint density at radius 3 is 2.27 bits per heavy atom. The molecule has 4 heteroatoms. The van der Waals surface area contributed by atoms with Gasteiger partial charge in [0.2, 0.25) is 0 Å². The predicted octanol–water partition coefficient (Wildman–Crippen LogP) is 3.18. The lowest BCUT2D eigenvalue weighted by atomic mass is 10.1. The van der Waals surface area contributed by atoms with Crippen LogP contribution in [0.3, 0.4) is 0 Å². The Morgan fingerprint density at radius 1 is 1.00 bits per heavy atom. The molecule has 0 saturated heterocycles. The number of rotatable bonds is 5. The van der Waals surface area contributed by atoms with Crippen molar-refractivity contribution in [2.24, 2.45) is 0 Å². The van der Waals surface area contributed by atoms with E-state index in [-0.39, 0.29) is 17.4 Å². The van der Waals surface area contributed by atoms with Gasteiger partial charge in [-0.3, -0.25) is 4.79 Å². The third-order valence-corrected chi connectivity index (χ3v) is 3.05. The number of phenols is 2. The van der Waals surface area contributed by atoms with Gasteiger partial charge in [-0.15, -0.1) is 6.58 Å². The molecule has 0 atom stereocenters. The average molecular weight is 295 g/mol. The molecule has 22 heavy (non-hydrogen) atoms. The van der Waals surface area contributed by atoms with Gasteiger partial charge in [0.15, 0.2) is 11.5 Å². The van der Waals surface area contributed by atoms with E-state index >= 15 is 0 Å². The van der Waals surface area contributed by atoms with E-state index in [2.05, 4.69) is 11.9 Å². The molecule has 2 aromatic rings. The van der Waals surface area contributed by atoms with Crippen LogP contribution in [0.2, 0.25) is 0 Å². The number of carbonyl (C=O) groups is 1. The van der Waals surface area contributed by atoms with E-state index in [0.717, 1.165) is 11.1 Å². The van der Waals surface area contributed by atoms with Crippen LogP contribution < -0.4 is 5.32 Å². The maximum atomic E-state index is 11.7. The van der Waals surface area contributed by atoms with Crippen LogP contribution in [0.15, 0.2) is 55.1 Å². The fraction of sp³-hybridized carbons (Fsp3) is 0.0556. The first-order chi connectivity index (χ1) is 10.6. The summed E-state index contributed by atoms with van der Waals surface area (Å²) in [5, 5.41) is 21.4. The number of aromatic hydroxyl groups is 2. The molecular weight excluding hydrogens is 278 g/mol. The maximum Gasteiger partial charge on any atom is 0.251 e. The third kappa shape index (κ3) is 3.99. The zero-order chi connectivity index (χ0) is 15.9. The first-order valence-corrected chi connectivity index (χ1v) is 6.79. The zero-order valence-corrected chi connectivity index (χ0v) is 12.0. The minimum Gasteiger partial charge on any atom is -0.504 e. The number of benzene rings is 2. The monoisotopic (exact) mass is 295 g/mol. The number of carbonyl (C=O) groups excluding carboxylic acids is 1. The van der Waals surface area contributed by atoms with Gasteiger partial charge in [0, 0.05) is 12.1 Å². The van der Waals surface area contributed by atoms with E-state index in [1.54, 1.807) is 24.3 Å². The van der Waals surface area contributed by atoms with Crippen molar-refractivity contribution in [1.82, 2.24) is 5.32 Å². The second kappa shape index (κ2) is 7.13. The van der Waals surface area contributed by atoms with Crippen LogP contribution in [0.5, 0.6) is 11.5 Å². The Morgan fingerprint density at radius 2 is 1.64 bits per heavy atom. The Balaban J connectivity index is 2.07. The first kappa shape index (κ1) is 15.4. The molecule has 0 radical (unpaired) electrons. The second-order valence-corrected chi connectivity index (χ2v) is 4.70. The first-order valence-electron chi connectivity index (χ1n) is 6.79. The normalized spacial score (nSPS) is 10.5. The summed E-state index contributed by atoms with van der Waals surface area (Å²) in [5.74, 6) is -0.442. The molecule has 0 aliphatic rings. The second-order valence-electron chi connectivity index (χ2n) is 4.70. The van der Waals surface area contributed by atoms with Gasteiger partial charge in [-0.25, -0.2) is 0 Å². The molecule has 0 aliphatic carbocycles. The van der Waals surface area contributed by atoms with Crippen molar-refractivity contribution >= 4 is 18.1 Å². The summed E-state index contributed by atoms with van der Waals surface area (Å²) in [4.78, 5) is 11.7. The van der Waals surface area contributed by atoms with Gasteiger partial charge >= 0.3 is 0 Å². The molecule has 4 nitrogen and oxygen atoms in total. The van der Waals surface area contributed by atoms with Gasteiger partial charge < -0.3 is 15.5 Å². The van der Waals surface area contributed by atoms with Gasteiger partial charge in [-0.05, 0) is 35.4 Å². The lowest BCUT2D eigenvalue weighted by Gasteiger charge is -2.02. The summed E-state index contributed by atoms with van der Waals surface area (Å²) in [5.41, 5.74) is 2.28. The number of phenolic OH excluding ortho intramolecular Hbond substituents is 2. The summed E-state index contributed by atoms with van der Waals surface area (Å²) >= 11 is 0. The lowest BCUT2D eigenvalue weighted by molar-refractivity contribution is 0.0958. The summed E-state index contributed by atoms with van der Waals surface area (Å²) in [6.07, 6.45) is 5.30. The van der Waals surface area contributed by atoms with E-state index in [1.165, 1.54) is 12.1 Å². The highest BCUT2D eigenvalue weighted by atomic mass is 16.3. The number of hydrogen-bond acceptors (Lipinski definition) is 3. The quantitative estimate of drug-likeness (QED) is 0.451. The van der Waals surface area contributed by atoms with Crippen LogP contribution in [0.4, 0.5) is 0 Å². The van der Waals surface area contributed by atoms with Crippen molar-refractivity contribution in [3.8, 4) is 11.5 Å². The molecule has 2 rings (SSSR count). The van der Waals surface area contributed by atoms with Crippen molar-refractivity contribution in [3.63, 3.8) is 0 Å². The fourth-order valence-corrected chi connectivity index (χ4v) is 1.85. The van der Waals surface area contributed by atoms with Crippen LogP contribution in [0, 0.1) is 0 Å². The van der Waals surface area contributed by atoms with E-state index in [1.807, 2.05) is 24.3 Å². The standard InChI is InChI=1S/C18H17NO3/c1-2-11-19-18(22)15-8-5-13(6-9-15)3-4-14-7-10-16(20)17(21)12-14/h2-10,12,20-21H,1,11H2,(H,19,22)/b4-3+. The number of hydrogen-bond donors (Lipinski definition) is 3. The van der Waals surface area contributed by atoms with Crippen molar-refractivity contribution in [2.45, 2.75) is 0 Å². The Bertz CT molecular complexity index is 703. The largest absolute Gasteiger partial charge is 0.504 e. The summed E-state index contributed by atoms with van der Waals surface area (Å²) < 4.78 is 0. The molecule has 0 aliphatic heterocycles. The van der Waals surface area contributed by atoms with Gasteiger partial charge in [0.1, 0.15) is 0 Å². The molecule has 0 fully saturated rings. The zero-order valence-electron chi connectivity index (χ0n) is 12.0. The average Bonchev–Trinajstić information content (AvgIpc) is 2.54. The van der Waals surface area contributed by atoms with E-state index in [9.17, 15) is 15.0 Å². The predicted molar refractivity (Wildman–Crippen MR) is 87.7 cm³/mol. The minimum atomic E-state index is -0.156. The molecule has 0 heterocycles. The molecule has 112 valence electrons. The van der Waals surface area contributed by atoms with Crippen LogP contribution in [0.1, 0.15) is 21.5 Å². The van der Waals surface area contributed by atoms with E-state index in [0.29, 0.717) is 12.1 Å². The molecular formula is C18H17NO3. The molecule has 0 spiro atoms. The Kier molecular flexibility index (Phi) is 4.98. The maximum absolute atomic E-state index is 11.7. The minimum absolute atomic E-state index is 0.140. The fourth-order valence-electron chi connectivity index (χ4n) is 1.85. The number of amides is 1. The van der Waals surface area contributed by atoms with E-state index < -0.39 is 0 Å². The van der Waals surface area contributed by atoms with Gasteiger partial charge in [-0.1, -0.05) is 36.4 Å². The lowest BCUT2D eigenvalue weighted by Crippen LogP contribution is -2.22. The van der Waals surface area contributed by atoms with Crippen LogP contribution in [0.25, 0.3) is 12.2 Å². The summed E-state index contributed by atoms with van der Waals surface area (Å²) in [6, 6.07) is 11.8. The molecule has 1 amide bonds. The van der Waals surface area contributed by atoms with E-state index in [4.69, 9.17) is 0 Å². The molecule has 2 aromatic carbocycles. The highest BCUT2D eigenvalue weighted by molar-refractivity contribution is 5.94. The van der Waals surface area contributed by atoms with Crippen LogP contribution >= 0.6 is 0 Å².